The first kappa shape index (κ1) is 31.2. The molecule has 1 aliphatic heterocycles. The van der Waals surface area contributed by atoms with Crippen LogP contribution in [0.4, 0.5) is 17.6 Å². The number of pyridine rings is 2. The molecule has 4 N–H and O–H groups in total. The molecule has 240 valence electrons. The van der Waals surface area contributed by atoms with Crippen molar-refractivity contribution >= 4 is 22.7 Å². The summed E-state index contributed by atoms with van der Waals surface area (Å²) in [7, 11) is 0. The molecule has 3 heterocycles. The highest BCUT2D eigenvalue weighted by atomic mass is 19.4. The number of ether oxygens (including phenoxy) is 2. The molecule has 13 heteroatoms. The molecule has 0 saturated heterocycles. The number of halogens is 4. The Hall–Kier alpha value is -4.78. The Kier molecular flexibility index (Phi) is 7.62. The van der Waals surface area contributed by atoms with Crippen molar-refractivity contribution in [2.75, 3.05) is 13.2 Å². The first-order chi connectivity index (χ1) is 21.8. The van der Waals surface area contributed by atoms with Crippen LogP contribution in [-0.4, -0.2) is 52.3 Å². The van der Waals surface area contributed by atoms with Gasteiger partial charge in [-0.05, 0) is 80.3 Å². The maximum atomic E-state index is 14.8. The Morgan fingerprint density at radius 1 is 1.15 bits per heavy atom. The van der Waals surface area contributed by atoms with Gasteiger partial charge in [-0.1, -0.05) is 6.92 Å². The highest BCUT2D eigenvalue weighted by molar-refractivity contribution is 6.00. The van der Waals surface area contributed by atoms with Gasteiger partial charge in [0, 0.05) is 28.3 Å². The minimum atomic E-state index is -5.35. The number of primary amides is 1. The molecule has 2 aromatic carbocycles. The second-order valence-electron chi connectivity index (χ2n) is 11.7. The number of carbonyl (C=O) groups excluding carboxylic acids is 2. The number of alkyl halides is 3. The van der Waals surface area contributed by atoms with Crippen molar-refractivity contribution in [2.24, 2.45) is 5.73 Å². The predicted molar refractivity (Wildman–Crippen MR) is 159 cm³/mol. The standard InChI is InChI=1S/C33H30F4N4O5/c1-3-31(30(38)43)16-45-28-23(31)13-25(41-27(28)18-4-6-21(34)7-5-18)32(44,33(35,36)37)15-40-29(42)20-11-19-10-17(2)14-39-26(19)24(12-20)46-22-8-9-22/h4-7,10-14,22,44H,3,8-9,15-16H2,1-2H3,(H2,38,43)(H,40,42)/t31-,32?/m0/s1. The first-order valence-electron chi connectivity index (χ1n) is 14.6. The summed E-state index contributed by atoms with van der Waals surface area (Å²) in [6.07, 6.45) is -2.02. The number of nitrogens with zero attached hydrogens (tertiary/aromatic N) is 2. The van der Waals surface area contributed by atoms with Crippen molar-refractivity contribution in [2.45, 2.75) is 56.4 Å². The molecule has 46 heavy (non-hydrogen) atoms. The average Bonchev–Trinajstić information content (AvgIpc) is 3.75. The van der Waals surface area contributed by atoms with Gasteiger partial charge in [0.2, 0.25) is 11.5 Å². The van der Waals surface area contributed by atoms with E-state index in [1.807, 2.05) is 6.92 Å². The fraction of sp³-hybridized carbons (Fsp3) is 0.333. The lowest BCUT2D eigenvalue weighted by Gasteiger charge is -2.32. The molecule has 2 atom stereocenters. The van der Waals surface area contributed by atoms with Crippen LogP contribution in [0.2, 0.25) is 0 Å². The Labute approximate surface area is 260 Å². The normalized spacial score (nSPS) is 18.8. The van der Waals surface area contributed by atoms with E-state index in [2.05, 4.69) is 15.3 Å². The van der Waals surface area contributed by atoms with Gasteiger partial charge in [-0.25, -0.2) is 9.37 Å². The number of fused-ring (bicyclic) bond motifs is 2. The molecular weight excluding hydrogens is 608 g/mol. The van der Waals surface area contributed by atoms with E-state index < -0.39 is 47.1 Å². The lowest BCUT2D eigenvalue weighted by Crippen LogP contribution is -2.52. The number of aliphatic hydroxyl groups is 1. The summed E-state index contributed by atoms with van der Waals surface area (Å²) in [4.78, 5) is 34.6. The van der Waals surface area contributed by atoms with Crippen LogP contribution in [0, 0.1) is 12.7 Å². The smallest absolute Gasteiger partial charge is 0.424 e. The Bertz CT molecular complexity index is 1860. The SMILES string of the molecule is CC[C@]1(C(N)=O)COc2c1cc(C(O)(CNC(=O)c1cc(OC3CC3)c3ncc(C)cc3c1)C(F)(F)F)nc2-c1ccc(F)cc1. The zero-order valence-corrected chi connectivity index (χ0v) is 24.9. The van der Waals surface area contributed by atoms with Gasteiger partial charge in [0.15, 0.2) is 0 Å². The minimum absolute atomic E-state index is 0.0000853. The van der Waals surface area contributed by atoms with Crippen molar-refractivity contribution < 1.29 is 41.7 Å². The summed E-state index contributed by atoms with van der Waals surface area (Å²) in [6.45, 7) is 1.84. The lowest BCUT2D eigenvalue weighted by molar-refractivity contribution is -0.265. The van der Waals surface area contributed by atoms with Crippen LogP contribution in [0.1, 0.15) is 53.4 Å². The Morgan fingerprint density at radius 3 is 2.50 bits per heavy atom. The van der Waals surface area contributed by atoms with Crippen LogP contribution in [-0.2, 0) is 15.8 Å². The summed E-state index contributed by atoms with van der Waals surface area (Å²) < 4.78 is 70.0. The Balaban J connectivity index is 1.42. The van der Waals surface area contributed by atoms with E-state index >= 15 is 0 Å². The average molecular weight is 639 g/mol. The first-order valence-corrected chi connectivity index (χ1v) is 14.6. The summed E-state index contributed by atoms with van der Waals surface area (Å²) in [5.41, 5.74) is 0.901. The largest absolute Gasteiger partial charge is 0.489 e. The second kappa shape index (κ2) is 11.2. The van der Waals surface area contributed by atoms with Gasteiger partial charge in [0.25, 0.3) is 5.91 Å². The highest BCUT2D eigenvalue weighted by Gasteiger charge is 2.58. The number of rotatable bonds is 9. The zero-order chi connectivity index (χ0) is 33.0. The van der Waals surface area contributed by atoms with Gasteiger partial charge >= 0.3 is 6.18 Å². The van der Waals surface area contributed by atoms with Crippen LogP contribution in [0.5, 0.6) is 11.5 Å². The molecule has 4 aromatic rings. The van der Waals surface area contributed by atoms with Gasteiger partial charge in [-0.2, -0.15) is 13.2 Å². The topological polar surface area (TPSA) is 137 Å². The number of carbonyl (C=O) groups is 2. The molecule has 0 radical (unpaired) electrons. The van der Waals surface area contributed by atoms with Crippen LogP contribution < -0.4 is 20.5 Å². The number of hydrogen-bond donors (Lipinski definition) is 3. The number of aryl methyl sites for hydroxylation is 1. The molecule has 1 unspecified atom stereocenters. The molecule has 2 aliphatic rings. The van der Waals surface area contributed by atoms with E-state index in [0.29, 0.717) is 16.7 Å². The van der Waals surface area contributed by atoms with Crippen LogP contribution in [0.3, 0.4) is 0 Å². The predicted octanol–water partition coefficient (Wildman–Crippen LogP) is 4.99. The van der Waals surface area contributed by atoms with Gasteiger partial charge in [-0.3, -0.25) is 14.6 Å². The van der Waals surface area contributed by atoms with Gasteiger partial charge in [0.05, 0.1) is 18.3 Å². The number of aromatic nitrogens is 2. The molecule has 1 aliphatic carbocycles. The minimum Gasteiger partial charge on any atom is -0.489 e. The third-order valence-electron chi connectivity index (χ3n) is 8.51. The number of hydrogen-bond acceptors (Lipinski definition) is 7. The van der Waals surface area contributed by atoms with E-state index in [0.717, 1.165) is 36.6 Å². The summed E-state index contributed by atoms with van der Waals surface area (Å²) >= 11 is 0. The van der Waals surface area contributed by atoms with E-state index in [-0.39, 0.29) is 47.3 Å². The number of nitrogens with two attached hydrogens (primary N) is 1. The lowest BCUT2D eigenvalue weighted by atomic mass is 9.78. The zero-order valence-electron chi connectivity index (χ0n) is 24.9. The molecule has 0 spiro atoms. The van der Waals surface area contributed by atoms with Crippen molar-refractivity contribution in [1.29, 1.82) is 0 Å². The molecule has 0 bridgehead atoms. The van der Waals surface area contributed by atoms with Crippen LogP contribution >= 0.6 is 0 Å². The molecule has 6 rings (SSSR count). The monoisotopic (exact) mass is 638 g/mol. The van der Waals surface area contributed by atoms with Gasteiger partial charge < -0.3 is 25.6 Å². The summed E-state index contributed by atoms with van der Waals surface area (Å²) in [6, 6.07) is 10.4. The van der Waals surface area contributed by atoms with E-state index in [1.54, 1.807) is 19.2 Å². The van der Waals surface area contributed by atoms with Crippen molar-refractivity contribution in [3.63, 3.8) is 0 Å². The van der Waals surface area contributed by atoms with Crippen molar-refractivity contribution in [3.05, 3.63) is 82.9 Å². The second-order valence-corrected chi connectivity index (χ2v) is 11.7. The number of amides is 2. The Morgan fingerprint density at radius 2 is 1.87 bits per heavy atom. The van der Waals surface area contributed by atoms with E-state index in [1.165, 1.54) is 24.3 Å². The maximum absolute atomic E-state index is 14.8. The molecular formula is C33H30F4N4O5. The molecule has 9 nitrogen and oxygen atoms in total. The van der Waals surface area contributed by atoms with Gasteiger partial charge in [0.1, 0.15) is 40.5 Å². The van der Waals surface area contributed by atoms with E-state index in [4.69, 9.17) is 15.2 Å². The fourth-order valence-electron chi connectivity index (χ4n) is 5.55. The summed E-state index contributed by atoms with van der Waals surface area (Å²) in [5, 5.41) is 14.2. The summed E-state index contributed by atoms with van der Waals surface area (Å²) in [5.74, 6) is -2.03. The molecule has 2 aromatic heterocycles. The third-order valence-corrected chi connectivity index (χ3v) is 8.51. The number of nitrogens with one attached hydrogen (secondary N) is 1. The molecule has 1 saturated carbocycles. The van der Waals surface area contributed by atoms with Crippen LogP contribution in [0.15, 0.2) is 54.7 Å². The van der Waals surface area contributed by atoms with Crippen molar-refractivity contribution in [1.82, 2.24) is 15.3 Å². The highest BCUT2D eigenvalue weighted by Crippen LogP contribution is 2.49. The maximum Gasteiger partial charge on any atom is 0.424 e. The van der Waals surface area contributed by atoms with Crippen LogP contribution in [0.25, 0.3) is 22.2 Å². The molecule has 1 fully saturated rings. The van der Waals surface area contributed by atoms with Gasteiger partial charge in [-0.15, -0.1) is 0 Å². The van der Waals surface area contributed by atoms with Crippen molar-refractivity contribution in [3.8, 4) is 22.8 Å². The fourth-order valence-corrected chi connectivity index (χ4v) is 5.55. The quantitative estimate of drug-likeness (QED) is 0.220. The number of benzene rings is 2. The molecule has 2 amide bonds. The third kappa shape index (κ3) is 5.38. The van der Waals surface area contributed by atoms with E-state index in [9.17, 15) is 32.3 Å².